The minimum absolute atomic E-state index is 0.229. The van der Waals surface area contributed by atoms with Crippen LogP contribution in [0.25, 0.3) is 0 Å². The zero-order chi connectivity index (χ0) is 11.9. The summed E-state index contributed by atoms with van der Waals surface area (Å²) in [6.07, 6.45) is 5.67. The molecular weight excluding hydrogens is 240 g/mol. The average molecular weight is 252 g/mol. The first-order valence-corrected chi connectivity index (χ1v) is 7.82. The third-order valence-corrected chi connectivity index (χ3v) is 6.66. The summed E-state index contributed by atoms with van der Waals surface area (Å²) in [4.78, 5) is 10.7. The Labute approximate surface area is 99.7 Å². The molecule has 0 aliphatic carbocycles. The van der Waals surface area contributed by atoms with Gasteiger partial charge in [0.1, 0.15) is 0 Å². The van der Waals surface area contributed by atoms with E-state index in [1.807, 2.05) is 32.3 Å². The Kier molecular flexibility index (Phi) is 2.85. The first kappa shape index (κ1) is 11.3. The molecular formula is C10H12N2O2SSi. The molecule has 0 aromatic rings. The molecule has 1 atom stereocenters. The van der Waals surface area contributed by atoms with Gasteiger partial charge in [0, 0.05) is 5.20 Å². The van der Waals surface area contributed by atoms with Gasteiger partial charge in [-0.05, 0) is 20.1 Å². The van der Waals surface area contributed by atoms with E-state index < -0.39 is 8.96 Å². The first-order chi connectivity index (χ1) is 7.56. The number of allylic oxidation sites excluding steroid dienone is 5. The Balaban J connectivity index is 2.57. The van der Waals surface area contributed by atoms with Crippen molar-refractivity contribution < 1.29 is 4.92 Å². The molecule has 2 rings (SSSR count). The molecule has 0 aromatic carbocycles. The van der Waals surface area contributed by atoms with Crippen molar-refractivity contribution in [2.24, 2.45) is 4.66 Å². The van der Waals surface area contributed by atoms with Crippen molar-refractivity contribution in [1.29, 1.82) is 0 Å². The van der Waals surface area contributed by atoms with E-state index in [9.17, 15) is 10.1 Å². The van der Waals surface area contributed by atoms with Crippen LogP contribution < -0.4 is 0 Å². The van der Waals surface area contributed by atoms with Gasteiger partial charge < -0.3 is 4.66 Å². The fourth-order valence-corrected chi connectivity index (χ4v) is 5.59. The lowest BCUT2D eigenvalue weighted by Gasteiger charge is -2.14. The standard InChI is InChI=1S/C10H12N2O2SSi/c1-6-4-5-8-9(12(13)14)10(15-3)11-16(8)7(6)2/h4-5,16H,1-3H3. The normalized spacial score (nSPS) is 23.7. The molecule has 6 heteroatoms. The molecule has 4 nitrogen and oxygen atoms in total. The highest BCUT2D eigenvalue weighted by molar-refractivity contribution is 8.14. The van der Waals surface area contributed by atoms with Crippen LogP contribution in [0.5, 0.6) is 0 Å². The zero-order valence-corrected chi connectivity index (χ0v) is 11.3. The third kappa shape index (κ3) is 1.58. The topological polar surface area (TPSA) is 55.5 Å². The molecule has 0 saturated carbocycles. The zero-order valence-electron chi connectivity index (χ0n) is 9.35. The van der Waals surface area contributed by atoms with Crippen LogP contribution in [0.2, 0.25) is 0 Å². The molecule has 16 heavy (non-hydrogen) atoms. The Bertz CT molecular complexity index is 491. The summed E-state index contributed by atoms with van der Waals surface area (Å²) in [6.45, 7) is 4.08. The average Bonchev–Trinajstić information content (AvgIpc) is 2.62. The van der Waals surface area contributed by atoms with Crippen LogP contribution in [0.1, 0.15) is 13.8 Å². The van der Waals surface area contributed by atoms with E-state index >= 15 is 0 Å². The molecule has 0 bridgehead atoms. The van der Waals surface area contributed by atoms with Crippen LogP contribution in [0.15, 0.2) is 38.5 Å². The van der Waals surface area contributed by atoms with Crippen molar-refractivity contribution in [2.75, 3.05) is 6.26 Å². The van der Waals surface area contributed by atoms with Crippen molar-refractivity contribution in [3.05, 3.63) is 43.9 Å². The summed E-state index contributed by atoms with van der Waals surface area (Å²) in [5, 5.41) is 13.7. The highest BCUT2D eigenvalue weighted by atomic mass is 32.2. The summed E-state index contributed by atoms with van der Waals surface area (Å²) >= 11 is 1.37. The monoisotopic (exact) mass is 252 g/mol. The Hall–Kier alpha value is -1.14. The van der Waals surface area contributed by atoms with Crippen LogP contribution in [-0.4, -0.2) is 25.2 Å². The van der Waals surface area contributed by atoms with Crippen LogP contribution in [0.3, 0.4) is 0 Å². The predicted molar refractivity (Wildman–Crippen MR) is 69.6 cm³/mol. The van der Waals surface area contributed by atoms with Gasteiger partial charge in [-0.2, -0.15) is 0 Å². The molecule has 0 radical (unpaired) electrons. The third-order valence-electron chi connectivity index (χ3n) is 2.94. The van der Waals surface area contributed by atoms with E-state index in [-0.39, 0.29) is 10.6 Å². The lowest BCUT2D eigenvalue weighted by Crippen LogP contribution is -2.18. The van der Waals surface area contributed by atoms with Crippen LogP contribution in [-0.2, 0) is 0 Å². The van der Waals surface area contributed by atoms with Crippen LogP contribution in [0.4, 0.5) is 0 Å². The molecule has 0 aromatic heterocycles. The Morgan fingerprint density at radius 2 is 2.12 bits per heavy atom. The number of hydrogen-bond donors (Lipinski definition) is 0. The molecule has 1 unspecified atom stereocenters. The second-order valence-electron chi connectivity index (χ2n) is 3.80. The number of thioether (sulfide) groups is 1. The van der Waals surface area contributed by atoms with Crippen molar-refractivity contribution in [3.63, 3.8) is 0 Å². The summed E-state index contributed by atoms with van der Waals surface area (Å²) in [5.74, 6) is 0. The molecule has 84 valence electrons. The van der Waals surface area contributed by atoms with Crippen LogP contribution >= 0.6 is 11.8 Å². The summed E-state index contributed by atoms with van der Waals surface area (Å²) in [6, 6.07) is 0. The van der Waals surface area contributed by atoms with Gasteiger partial charge in [0.05, 0.1) is 4.92 Å². The lowest BCUT2D eigenvalue weighted by atomic mass is 10.2. The molecule has 0 amide bonds. The number of nitro groups is 1. The number of nitrogens with zero attached hydrogens (tertiary/aromatic N) is 2. The van der Waals surface area contributed by atoms with E-state index in [2.05, 4.69) is 4.66 Å². The molecule has 0 N–H and O–H groups in total. The van der Waals surface area contributed by atoms with Crippen LogP contribution in [0, 0.1) is 10.1 Å². The number of fused-ring (bicyclic) bond motifs is 1. The van der Waals surface area contributed by atoms with Crippen molar-refractivity contribution in [1.82, 2.24) is 0 Å². The van der Waals surface area contributed by atoms with Gasteiger partial charge in [0.25, 0.3) is 0 Å². The van der Waals surface area contributed by atoms with E-state index in [1.165, 1.54) is 22.5 Å². The molecule has 2 aliphatic rings. The Morgan fingerprint density at radius 1 is 1.44 bits per heavy atom. The van der Waals surface area contributed by atoms with Gasteiger partial charge in [0.2, 0.25) is 8.96 Å². The minimum atomic E-state index is -1.63. The number of hydrogen-bond acceptors (Lipinski definition) is 4. The molecule has 0 spiro atoms. The fraction of sp³-hybridized carbons (Fsp3) is 0.300. The highest BCUT2D eigenvalue weighted by Crippen LogP contribution is 2.33. The summed E-state index contributed by atoms with van der Waals surface area (Å²) in [5.41, 5.74) is 1.43. The van der Waals surface area contributed by atoms with Crippen molar-refractivity contribution in [2.45, 2.75) is 13.8 Å². The maximum absolute atomic E-state index is 11.0. The summed E-state index contributed by atoms with van der Waals surface area (Å²) in [7, 11) is -1.63. The highest BCUT2D eigenvalue weighted by Gasteiger charge is 2.38. The predicted octanol–water partition coefficient (Wildman–Crippen LogP) is 2.00. The van der Waals surface area contributed by atoms with E-state index in [4.69, 9.17) is 0 Å². The SMILES string of the molecule is CSC1=N[SiH]2C(C)=C(C)C=CC2=C1[N+](=O)[O-]. The maximum Gasteiger partial charge on any atom is 0.301 e. The Morgan fingerprint density at radius 3 is 2.69 bits per heavy atom. The molecule has 2 heterocycles. The van der Waals surface area contributed by atoms with Gasteiger partial charge in [-0.3, -0.25) is 10.1 Å². The lowest BCUT2D eigenvalue weighted by molar-refractivity contribution is -0.414. The van der Waals surface area contributed by atoms with Gasteiger partial charge in [-0.1, -0.05) is 22.9 Å². The van der Waals surface area contributed by atoms with Crippen molar-refractivity contribution >= 4 is 25.8 Å². The minimum Gasteiger partial charge on any atom is -0.302 e. The second kappa shape index (κ2) is 4.02. The van der Waals surface area contributed by atoms with Gasteiger partial charge in [-0.15, -0.1) is 11.8 Å². The fourth-order valence-electron chi connectivity index (χ4n) is 1.90. The number of rotatable bonds is 1. The van der Waals surface area contributed by atoms with E-state index in [0.29, 0.717) is 5.04 Å². The quantitative estimate of drug-likeness (QED) is 0.407. The first-order valence-electron chi connectivity index (χ1n) is 4.92. The van der Waals surface area contributed by atoms with E-state index in [1.54, 1.807) is 0 Å². The van der Waals surface area contributed by atoms with Crippen molar-refractivity contribution in [3.8, 4) is 0 Å². The summed E-state index contributed by atoms with van der Waals surface area (Å²) < 4.78 is 4.56. The molecule has 2 aliphatic heterocycles. The van der Waals surface area contributed by atoms with E-state index in [0.717, 1.165) is 5.20 Å². The smallest absolute Gasteiger partial charge is 0.301 e. The maximum atomic E-state index is 11.0. The van der Waals surface area contributed by atoms with Gasteiger partial charge in [-0.25, -0.2) is 0 Å². The van der Waals surface area contributed by atoms with Gasteiger partial charge >= 0.3 is 5.70 Å². The molecule has 0 fully saturated rings. The molecule has 0 saturated heterocycles. The largest absolute Gasteiger partial charge is 0.302 e. The van der Waals surface area contributed by atoms with Gasteiger partial charge in [0.15, 0.2) is 5.04 Å². The second-order valence-corrected chi connectivity index (χ2v) is 7.15.